The van der Waals surface area contributed by atoms with Gasteiger partial charge in [0.25, 0.3) is 0 Å². The van der Waals surface area contributed by atoms with Crippen LogP contribution in [-0.2, 0) is 5.41 Å². The minimum Gasteiger partial charge on any atom is -0.278 e. The van der Waals surface area contributed by atoms with Crippen molar-refractivity contribution in [2.45, 2.75) is 19.3 Å². The summed E-state index contributed by atoms with van der Waals surface area (Å²) in [4.78, 5) is 15.4. The van der Waals surface area contributed by atoms with Gasteiger partial charge < -0.3 is 0 Å². The molecule has 0 unspecified atom stereocenters. The molecule has 2 aromatic heterocycles. The van der Waals surface area contributed by atoms with Gasteiger partial charge in [-0.2, -0.15) is 9.97 Å². The summed E-state index contributed by atoms with van der Waals surface area (Å²) in [6.07, 6.45) is 0. The Bertz CT molecular complexity index is 2720. The molecule has 0 amide bonds. The normalized spacial score (nSPS) is 13.2. The zero-order valence-corrected chi connectivity index (χ0v) is 27.8. The Morgan fingerprint density at radius 2 is 1.06 bits per heavy atom. The molecule has 1 aliphatic carbocycles. The Kier molecular flexibility index (Phi) is 6.19. The van der Waals surface area contributed by atoms with Crippen LogP contribution in [0.15, 0.2) is 158 Å². The molecule has 0 saturated heterocycles. The van der Waals surface area contributed by atoms with Crippen LogP contribution in [0.4, 0.5) is 0 Å². The zero-order chi connectivity index (χ0) is 33.4. The Morgan fingerprint density at radius 1 is 0.440 bits per heavy atom. The fourth-order valence-corrected chi connectivity index (χ4v) is 7.96. The maximum absolute atomic E-state index is 5.18. The minimum atomic E-state index is -0.0770. The number of aromatic nitrogens is 4. The Labute approximate surface area is 290 Å². The van der Waals surface area contributed by atoms with Crippen LogP contribution in [0.5, 0.6) is 0 Å². The van der Waals surface area contributed by atoms with E-state index in [2.05, 4.69) is 140 Å². The number of nitrogens with zero attached hydrogens (tertiary/aromatic N) is 4. The average molecular weight is 641 g/mol. The average Bonchev–Trinajstić information content (AvgIpc) is 3.63. The van der Waals surface area contributed by atoms with Gasteiger partial charge in [0, 0.05) is 27.3 Å². The van der Waals surface area contributed by atoms with Gasteiger partial charge in [-0.25, -0.2) is 4.98 Å². The third-order valence-electron chi connectivity index (χ3n) is 10.5. The van der Waals surface area contributed by atoms with Crippen LogP contribution in [0.3, 0.4) is 0 Å². The van der Waals surface area contributed by atoms with Crippen LogP contribution in [0.2, 0.25) is 0 Å². The van der Waals surface area contributed by atoms with E-state index in [-0.39, 0.29) is 5.41 Å². The molecule has 0 spiro atoms. The van der Waals surface area contributed by atoms with Gasteiger partial charge in [0.2, 0.25) is 5.95 Å². The van der Waals surface area contributed by atoms with Gasteiger partial charge in [-0.05, 0) is 62.4 Å². The number of hydrogen-bond donors (Lipinski definition) is 0. The molecule has 236 valence electrons. The summed E-state index contributed by atoms with van der Waals surface area (Å²) in [7, 11) is 0. The van der Waals surface area contributed by atoms with E-state index in [1.165, 1.54) is 44.0 Å². The molecule has 4 nitrogen and oxygen atoms in total. The summed E-state index contributed by atoms with van der Waals surface area (Å²) in [5.41, 5.74) is 11.7. The van der Waals surface area contributed by atoms with Crippen LogP contribution >= 0.6 is 0 Å². The van der Waals surface area contributed by atoms with Crippen molar-refractivity contribution in [1.29, 1.82) is 0 Å². The van der Waals surface area contributed by atoms with Crippen LogP contribution in [0, 0.1) is 0 Å². The van der Waals surface area contributed by atoms with Crippen molar-refractivity contribution in [2.24, 2.45) is 0 Å². The summed E-state index contributed by atoms with van der Waals surface area (Å²) in [6, 6.07) is 56.0. The quantitative estimate of drug-likeness (QED) is 0.192. The lowest BCUT2D eigenvalue weighted by Gasteiger charge is -2.22. The third kappa shape index (κ3) is 4.28. The van der Waals surface area contributed by atoms with Crippen molar-refractivity contribution >= 4 is 32.6 Å². The Balaban J connectivity index is 1.25. The first-order valence-corrected chi connectivity index (χ1v) is 17.1. The standard InChI is InChI=1S/C46H32N4/c1-46(2)38-20-12-11-19-35(38)36-24-21-32(27-39(36)46)33-22-25-37-41(28-33)50(40-26-23-29-13-9-10-18-34(29)42(37)40)45-48-43(30-14-5-3-6-15-30)47-44(49-45)31-16-7-4-8-17-31/h3-28H,1-2H3. The summed E-state index contributed by atoms with van der Waals surface area (Å²) in [6.45, 7) is 4.67. The molecule has 1 aliphatic rings. The smallest absolute Gasteiger partial charge is 0.238 e. The topological polar surface area (TPSA) is 43.6 Å². The molecule has 50 heavy (non-hydrogen) atoms. The lowest BCUT2D eigenvalue weighted by Crippen LogP contribution is -2.14. The van der Waals surface area contributed by atoms with E-state index in [9.17, 15) is 0 Å². The maximum atomic E-state index is 5.18. The van der Waals surface area contributed by atoms with Crippen LogP contribution < -0.4 is 0 Å². The highest BCUT2D eigenvalue weighted by Crippen LogP contribution is 2.49. The largest absolute Gasteiger partial charge is 0.278 e. The second-order valence-corrected chi connectivity index (χ2v) is 13.7. The molecule has 0 N–H and O–H groups in total. The van der Waals surface area contributed by atoms with Gasteiger partial charge in [-0.3, -0.25) is 4.57 Å². The molecular weight excluding hydrogens is 609 g/mol. The van der Waals surface area contributed by atoms with E-state index in [4.69, 9.17) is 15.0 Å². The van der Waals surface area contributed by atoms with Crippen molar-refractivity contribution in [2.75, 3.05) is 0 Å². The lowest BCUT2D eigenvalue weighted by atomic mass is 9.81. The number of fused-ring (bicyclic) bond motifs is 8. The van der Waals surface area contributed by atoms with E-state index in [0.29, 0.717) is 17.6 Å². The fraction of sp³-hybridized carbons (Fsp3) is 0.0652. The summed E-state index contributed by atoms with van der Waals surface area (Å²) < 4.78 is 2.23. The van der Waals surface area contributed by atoms with Crippen LogP contribution in [0.25, 0.3) is 83.6 Å². The molecule has 0 aliphatic heterocycles. The first kappa shape index (κ1) is 28.6. The van der Waals surface area contributed by atoms with Crippen LogP contribution in [0.1, 0.15) is 25.0 Å². The fourth-order valence-electron chi connectivity index (χ4n) is 7.96. The Morgan fingerprint density at radius 3 is 1.82 bits per heavy atom. The third-order valence-corrected chi connectivity index (χ3v) is 10.5. The monoisotopic (exact) mass is 640 g/mol. The summed E-state index contributed by atoms with van der Waals surface area (Å²) in [5.74, 6) is 1.87. The number of benzene rings is 7. The van der Waals surface area contributed by atoms with E-state index in [0.717, 1.165) is 33.1 Å². The molecule has 7 aromatic carbocycles. The van der Waals surface area contributed by atoms with Crippen molar-refractivity contribution in [3.8, 4) is 51.0 Å². The lowest BCUT2D eigenvalue weighted by molar-refractivity contribution is 0.660. The minimum absolute atomic E-state index is 0.0770. The van der Waals surface area contributed by atoms with Gasteiger partial charge in [0.05, 0.1) is 11.0 Å². The molecule has 4 heteroatoms. The molecule has 10 rings (SSSR count). The predicted octanol–water partition coefficient (Wildman–Crippen LogP) is 11.4. The highest BCUT2D eigenvalue weighted by molar-refractivity contribution is 6.21. The van der Waals surface area contributed by atoms with Crippen molar-refractivity contribution < 1.29 is 0 Å². The zero-order valence-electron chi connectivity index (χ0n) is 27.8. The first-order valence-electron chi connectivity index (χ1n) is 17.1. The molecule has 0 bridgehead atoms. The van der Waals surface area contributed by atoms with E-state index >= 15 is 0 Å². The highest BCUT2D eigenvalue weighted by atomic mass is 15.2. The van der Waals surface area contributed by atoms with Gasteiger partial charge in [0.15, 0.2) is 11.6 Å². The van der Waals surface area contributed by atoms with E-state index < -0.39 is 0 Å². The molecular formula is C46H32N4. The van der Waals surface area contributed by atoms with Gasteiger partial charge in [-0.1, -0.05) is 153 Å². The van der Waals surface area contributed by atoms with Crippen molar-refractivity contribution in [3.05, 3.63) is 169 Å². The second kappa shape index (κ2) is 10.8. The van der Waals surface area contributed by atoms with Crippen molar-refractivity contribution in [1.82, 2.24) is 19.5 Å². The van der Waals surface area contributed by atoms with Gasteiger partial charge in [0.1, 0.15) is 0 Å². The molecule has 9 aromatic rings. The van der Waals surface area contributed by atoms with E-state index in [1.807, 2.05) is 36.4 Å². The SMILES string of the molecule is CC1(C)c2ccccc2-c2ccc(-c3ccc4c5c6ccccc6ccc5n(-c5nc(-c6ccccc6)nc(-c6ccccc6)n5)c4c3)cc21. The van der Waals surface area contributed by atoms with Gasteiger partial charge in [-0.15, -0.1) is 0 Å². The number of rotatable bonds is 4. The molecule has 0 fully saturated rings. The number of hydrogen-bond acceptors (Lipinski definition) is 3. The van der Waals surface area contributed by atoms with Crippen LogP contribution in [-0.4, -0.2) is 19.5 Å². The van der Waals surface area contributed by atoms with Crippen molar-refractivity contribution in [3.63, 3.8) is 0 Å². The summed E-state index contributed by atoms with van der Waals surface area (Å²) >= 11 is 0. The Hall–Kier alpha value is -6.39. The predicted molar refractivity (Wildman–Crippen MR) is 206 cm³/mol. The molecule has 0 atom stereocenters. The van der Waals surface area contributed by atoms with Gasteiger partial charge >= 0.3 is 0 Å². The molecule has 0 radical (unpaired) electrons. The first-order chi connectivity index (χ1) is 24.5. The summed E-state index contributed by atoms with van der Waals surface area (Å²) in [5, 5.41) is 4.77. The highest BCUT2D eigenvalue weighted by Gasteiger charge is 2.35. The van der Waals surface area contributed by atoms with E-state index in [1.54, 1.807) is 0 Å². The maximum Gasteiger partial charge on any atom is 0.238 e. The molecule has 2 heterocycles. The second-order valence-electron chi connectivity index (χ2n) is 13.7. The molecule has 0 saturated carbocycles.